The Labute approximate surface area is 222 Å². The van der Waals surface area contributed by atoms with Gasteiger partial charge in [0.05, 0.1) is 18.5 Å². The summed E-state index contributed by atoms with van der Waals surface area (Å²) >= 11 is 0. The van der Waals surface area contributed by atoms with Crippen molar-refractivity contribution in [2.24, 2.45) is 45.3 Å². The molecule has 1 unspecified atom stereocenters. The van der Waals surface area contributed by atoms with E-state index in [0.717, 1.165) is 25.7 Å². The Hall–Kier alpha value is -0.390. The summed E-state index contributed by atoms with van der Waals surface area (Å²) in [5.74, 6) is 1.98. The van der Waals surface area contributed by atoms with Gasteiger partial charge in [-0.1, -0.05) is 66.5 Å². The zero-order valence-electron chi connectivity index (χ0n) is 24.6. The number of hydrogen-bond donors (Lipinski definition) is 1. The summed E-state index contributed by atoms with van der Waals surface area (Å²) in [6, 6.07) is 0. The second-order valence-corrected chi connectivity index (χ2v) is 16.5. The molecular formula is C31H54O4S. The van der Waals surface area contributed by atoms with E-state index in [2.05, 4.69) is 55.4 Å². The highest BCUT2D eigenvalue weighted by Gasteiger charge is 2.63. The van der Waals surface area contributed by atoms with Crippen molar-refractivity contribution in [2.75, 3.05) is 6.26 Å². The van der Waals surface area contributed by atoms with Gasteiger partial charge in [0.15, 0.2) is 0 Å². The Balaban J connectivity index is 1.57. The molecule has 5 heteroatoms. The molecule has 36 heavy (non-hydrogen) atoms. The van der Waals surface area contributed by atoms with E-state index in [1.165, 1.54) is 44.8 Å². The van der Waals surface area contributed by atoms with E-state index >= 15 is 0 Å². The van der Waals surface area contributed by atoms with Crippen molar-refractivity contribution < 1.29 is 17.7 Å². The molecule has 208 valence electrons. The summed E-state index contributed by atoms with van der Waals surface area (Å²) in [6.45, 7) is 18.9. The lowest BCUT2D eigenvalue weighted by Gasteiger charge is -2.62. The third kappa shape index (κ3) is 4.45. The fraction of sp³-hybridized carbons (Fsp3) is 0.935. The molecule has 0 saturated heterocycles. The standard InChI is InChI=1S/C31H54O4S/c1-20(2)25(35-36(9,33)34)12-10-21(3)22-14-18-31(8)24-11-13-26-28(4,5)27(32)16-17-29(26,6)23(24)15-19-30(22,31)7/h20-22,25-27,32H,10-19H2,1-9H3/t21-,22-,25?,26+,27+,29-,30-,31+/m1/s1. The maximum atomic E-state index is 11.8. The van der Waals surface area contributed by atoms with Crippen molar-refractivity contribution in [2.45, 2.75) is 132 Å². The highest BCUT2D eigenvalue weighted by molar-refractivity contribution is 7.86. The van der Waals surface area contributed by atoms with Crippen LogP contribution >= 0.6 is 0 Å². The van der Waals surface area contributed by atoms with Gasteiger partial charge in [0, 0.05) is 0 Å². The summed E-state index contributed by atoms with van der Waals surface area (Å²) in [5, 5.41) is 10.9. The van der Waals surface area contributed by atoms with Crippen molar-refractivity contribution in [3.05, 3.63) is 11.1 Å². The SMILES string of the molecule is CC(C)C(CC[C@@H](C)[C@H]1CC[C@@]2(C)C3=C(CC[C@]12C)[C@@]1(C)CC[C@H](O)C(C)(C)[C@@H]1CC3)OS(C)(=O)=O. The maximum Gasteiger partial charge on any atom is 0.264 e. The normalized spacial score (nSPS) is 42.0. The zero-order chi connectivity index (χ0) is 26.9. The van der Waals surface area contributed by atoms with E-state index in [0.29, 0.717) is 23.2 Å². The van der Waals surface area contributed by atoms with Gasteiger partial charge in [0.2, 0.25) is 0 Å². The topological polar surface area (TPSA) is 63.6 Å². The minimum atomic E-state index is -3.44. The average molecular weight is 523 g/mol. The van der Waals surface area contributed by atoms with Crippen LogP contribution in [0.25, 0.3) is 0 Å². The number of fused-ring (bicyclic) bond motifs is 4. The van der Waals surface area contributed by atoms with Gasteiger partial charge in [-0.15, -0.1) is 0 Å². The highest BCUT2D eigenvalue weighted by atomic mass is 32.2. The predicted molar refractivity (Wildman–Crippen MR) is 148 cm³/mol. The minimum Gasteiger partial charge on any atom is -0.393 e. The Morgan fingerprint density at radius 1 is 0.917 bits per heavy atom. The van der Waals surface area contributed by atoms with Crippen LogP contribution in [0.2, 0.25) is 0 Å². The van der Waals surface area contributed by atoms with Crippen LogP contribution < -0.4 is 0 Å². The Kier molecular flexibility index (Phi) is 7.44. The summed E-state index contributed by atoms with van der Waals surface area (Å²) in [4.78, 5) is 0. The molecule has 0 bridgehead atoms. The third-order valence-electron chi connectivity index (χ3n) is 12.4. The van der Waals surface area contributed by atoms with Crippen molar-refractivity contribution in [3.63, 3.8) is 0 Å². The molecule has 0 spiro atoms. The van der Waals surface area contributed by atoms with Crippen molar-refractivity contribution in [1.82, 2.24) is 0 Å². The first-order chi connectivity index (χ1) is 16.5. The van der Waals surface area contributed by atoms with Crippen LogP contribution in [0.1, 0.15) is 120 Å². The summed E-state index contributed by atoms with van der Waals surface area (Å²) in [6.07, 6.45) is 12.1. The van der Waals surface area contributed by atoms with Crippen LogP contribution in [0.15, 0.2) is 11.1 Å². The monoisotopic (exact) mass is 522 g/mol. The zero-order valence-corrected chi connectivity index (χ0v) is 25.4. The van der Waals surface area contributed by atoms with Gasteiger partial charge in [-0.2, -0.15) is 8.42 Å². The van der Waals surface area contributed by atoms with Gasteiger partial charge >= 0.3 is 0 Å². The molecule has 0 aromatic heterocycles. The number of aliphatic hydroxyl groups is 1. The fourth-order valence-corrected chi connectivity index (χ4v) is 10.7. The Morgan fingerprint density at radius 3 is 2.19 bits per heavy atom. The van der Waals surface area contributed by atoms with Gasteiger partial charge in [-0.3, -0.25) is 4.18 Å². The van der Waals surface area contributed by atoms with Crippen molar-refractivity contribution >= 4 is 10.1 Å². The fourth-order valence-electron chi connectivity index (χ4n) is 9.97. The van der Waals surface area contributed by atoms with E-state index in [4.69, 9.17) is 4.18 Å². The Morgan fingerprint density at radius 2 is 1.58 bits per heavy atom. The molecule has 4 nitrogen and oxygen atoms in total. The van der Waals surface area contributed by atoms with E-state index in [-0.39, 0.29) is 34.4 Å². The first-order valence-corrected chi connectivity index (χ1v) is 16.6. The molecule has 4 aliphatic carbocycles. The number of hydrogen-bond acceptors (Lipinski definition) is 4. The summed E-state index contributed by atoms with van der Waals surface area (Å²) in [5.41, 5.74) is 4.34. The minimum absolute atomic E-state index is 0.0130. The molecule has 4 aliphatic rings. The van der Waals surface area contributed by atoms with Crippen molar-refractivity contribution in [3.8, 4) is 0 Å². The van der Waals surface area contributed by atoms with Gasteiger partial charge < -0.3 is 5.11 Å². The molecule has 0 aromatic carbocycles. The van der Waals surface area contributed by atoms with E-state index in [1.807, 2.05) is 0 Å². The van der Waals surface area contributed by atoms with Crippen LogP contribution in [0.4, 0.5) is 0 Å². The molecular weight excluding hydrogens is 468 g/mol. The quantitative estimate of drug-likeness (QED) is 0.277. The van der Waals surface area contributed by atoms with Crippen molar-refractivity contribution in [1.29, 1.82) is 0 Å². The largest absolute Gasteiger partial charge is 0.393 e. The second kappa shape index (κ2) is 9.37. The summed E-state index contributed by atoms with van der Waals surface area (Å²) < 4.78 is 29.1. The molecule has 1 N–H and O–H groups in total. The smallest absolute Gasteiger partial charge is 0.264 e. The van der Waals surface area contributed by atoms with E-state index < -0.39 is 10.1 Å². The van der Waals surface area contributed by atoms with Crippen LogP contribution in [0.5, 0.6) is 0 Å². The van der Waals surface area contributed by atoms with Gasteiger partial charge in [0.25, 0.3) is 10.1 Å². The molecule has 0 heterocycles. The molecule has 2 fully saturated rings. The van der Waals surface area contributed by atoms with Gasteiger partial charge in [-0.25, -0.2) is 0 Å². The lowest BCUT2D eigenvalue weighted by Crippen LogP contribution is -2.55. The lowest BCUT2D eigenvalue weighted by atomic mass is 9.43. The predicted octanol–water partition coefficient (Wildman–Crippen LogP) is 7.51. The van der Waals surface area contributed by atoms with E-state index in [9.17, 15) is 13.5 Å². The molecule has 8 atom stereocenters. The van der Waals surface area contributed by atoms with E-state index in [1.54, 1.807) is 11.1 Å². The maximum absolute atomic E-state index is 11.8. The third-order valence-corrected chi connectivity index (χ3v) is 13.0. The lowest BCUT2D eigenvalue weighted by molar-refractivity contribution is -0.0962. The molecule has 2 saturated carbocycles. The van der Waals surface area contributed by atoms with Crippen LogP contribution in [0, 0.1) is 45.3 Å². The molecule has 0 radical (unpaired) electrons. The first kappa shape index (κ1) is 28.6. The Bertz CT molecular complexity index is 981. The van der Waals surface area contributed by atoms with Crippen LogP contribution in [-0.2, 0) is 14.3 Å². The van der Waals surface area contributed by atoms with Crippen LogP contribution in [-0.4, -0.2) is 32.0 Å². The summed E-state index contributed by atoms with van der Waals surface area (Å²) in [7, 11) is -3.44. The highest BCUT2D eigenvalue weighted by Crippen LogP contribution is 2.72. The first-order valence-electron chi connectivity index (χ1n) is 14.8. The molecule has 4 rings (SSSR count). The number of allylic oxidation sites excluding steroid dienone is 2. The van der Waals surface area contributed by atoms with Crippen LogP contribution in [0.3, 0.4) is 0 Å². The van der Waals surface area contributed by atoms with Gasteiger partial charge in [-0.05, 0) is 110 Å². The molecule has 0 aliphatic heterocycles. The second-order valence-electron chi connectivity index (χ2n) is 14.9. The number of rotatable bonds is 7. The van der Waals surface area contributed by atoms with Gasteiger partial charge in [0.1, 0.15) is 0 Å². The average Bonchev–Trinajstić information content (AvgIpc) is 3.04. The number of aliphatic hydroxyl groups excluding tert-OH is 1. The molecule has 0 aromatic rings. The molecule has 0 amide bonds.